The van der Waals surface area contributed by atoms with Crippen LogP contribution in [0.2, 0.25) is 0 Å². The molecule has 3 nitrogen and oxygen atoms in total. The molecule has 286 valence electrons. The second-order valence-electron chi connectivity index (χ2n) is 15.8. The molecule has 0 amide bonds. The van der Waals surface area contributed by atoms with Crippen LogP contribution < -0.4 is 4.90 Å². The average Bonchev–Trinajstić information content (AvgIpc) is 3.87. The van der Waals surface area contributed by atoms with Crippen LogP contribution in [0.3, 0.4) is 0 Å². The Labute approximate surface area is 353 Å². The highest BCUT2D eigenvalue weighted by atomic mass is 16.3. The second kappa shape index (κ2) is 14.3. The van der Waals surface area contributed by atoms with Gasteiger partial charge >= 0.3 is 0 Å². The van der Waals surface area contributed by atoms with E-state index >= 15 is 0 Å². The van der Waals surface area contributed by atoms with Gasteiger partial charge in [0.05, 0.1) is 11.0 Å². The summed E-state index contributed by atoms with van der Waals surface area (Å²) in [6.07, 6.45) is 0. The maximum Gasteiger partial charge on any atom is 0.136 e. The zero-order valence-corrected chi connectivity index (χ0v) is 33.2. The largest absolute Gasteiger partial charge is 0.456 e. The summed E-state index contributed by atoms with van der Waals surface area (Å²) in [5.74, 6) is 0. The lowest BCUT2D eigenvalue weighted by Crippen LogP contribution is -2.10. The van der Waals surface area contributed by atoms with Crippen LogP contribution in [0.15, 0.2) is 235 Å². The van der Waals surface area contributed by atoms with Gasteiger partial charge < -0.3 is 13.9 Å². The predicted molar refractivity (Wildman–Crippen MR) is 257 cm³/mol. The van der Waals surface area contributed by atoms with Crippen LogP contribution in [0.4, 0.5) is 17.1 Å². The van der Waals surface area contributed by atoms with Crippen LogP contribution in [0, 0.1) is 0 Å². The summed E-state index contributed by atoms with van der Waals surface area (Å²) in [7, 11) is 0. The van der Waals surface area contributed by atoms with Gasteiger partial charge in [-0.05, 0) is 135 Å². The minimum Gasteiger partial charge on any atom is -0.456 e. The van der Waals surface area contributed by atoms with Crippen molar-refractivity contribution >= 4 is 71.6 Å². The van der Waals surface area contributed by atoms with Crippen molar-refractivity contribution in [2.24, 2.45) is 0 Å². The topological polar surface area (TPSA) is 21.3 Å². The number of benzene rings is 10. The van der Waals surface area contributed by atoms with E-state index in [9.17, 15) is 0 Å². The predicted octanol–water partition coefficient (Wildman–Crippen LogP) is 16.3. The van der Waals surface area contributed by atoms with Crippen molar-refractivity contribution in [2.75, 3.05) is 4.90 Å². The molecule has 61 heavy (non-hydrogen) atoms. The van der Waals surface area contributed by atoms with E-state index in [2.05, 4.69) is 228 Å². The lowest BCUT2D eigenvalue weighted by Gasteiger charge is -2.27. The SMILES string of the molecule is c1ccc(-c2ccc(-n3c4ccccc4c4cc(-c5cc(-c6ccc7c(c6)oc6ccccc67)cc(N(c6ccccc6)c6ccc7ccccc7c6)c5)ccc43)cc2)cc1. The number of aromatic nitrogens is 1. The molecule has 0 fully saturated rings. The van der Waals surface area contributed by atoms with Gasteiger partial charge in [0.15, 0.2) is 0 Å². The van der Waals surface area contributed by atoms with Crippen LogP contribution in [0.1, 0.15) is 0 Å². The van der Waals surface area contributed by atoms with Gasteiger partial charge in [-0.25, -0.2) is 0 Å². The van der Waals surface area contributed by atoms with Gasteiger partial charge in [-0.3, -0.25) is 0 Å². The van der Waals surface area contributed by atoms with E-state index in [1.54, 1.807) is 0 Å². The Morgan fingerprint density at radius 2 is 0.902 bits per heavy atom. The standard InChI is InChI=1S/C58H38N2O/c1-3-13-39(14-4-1)41-23-28-48(29-24-41)60-55-21-11-9-19-51(55)54-37-43(27-32-56(54)60)45-33-46(44-26-31-53-52-20-10-12-22-57(52)61-58(53)38-44)36-50(35-45)59(47-17-5-2-6-18-47)49-30-25-40-15-7-8-16-42(40)34-49/h1-38H. The van der Waals surface area contributed by atoms with Crippen LogP contribution in [0.25, 0.3) is 93.6 Å². The Morgan fingerprint density at radius 1 is 0.295 bits per heavy atom. The maximum atomic E-state index is 6.43. The first kappa shape index (κ1) is 34.9. The van der Waals surface area contributed by atoms with Gasteiger partial charge in [0.2, 0.25) is 0 Å². The Kier molecular flexibility index (Phi) is 8.17. The molecule has 12 aromatic rings. The van der Waals surface area contributed by atoms with E-state index in [0.717, 1.165) is 66.9 Å². The van der Waals surface area contributed by atoms with Gasteiger partial charge in [-0.2, -0.15) is 0 Å². The summed E-state index contributed by atoms with van der Waals surface area (Å²) in [5.41, 5.74) is 15.4. The van der Waals surface area contributed by atoms with Crippen molar-refractivity contribution in [1.29, 1.82) is 0 Å². The van der Waals surface area contributed by atoms with Gasteiger partial charge in [0.25, 0.3) is 0 Å². The summed E-state index contributed by atoms with van der Waals surface area (Å²) in [4.78, 5) is 2.38. The number of anilines is 3. The number of hydrogen-bond acceptors (Lipinski definition) is 2. The number of para-hydroxylation sites is 3. The maximum absolute atomic E-state index is 6.43. The molecule has 0 aliphatic heterocycles. The molecule has 0 bridgehead atoms. The zero-order valence-electron chi connectivity index (χ0n) is 33.2. The third-order valence-electron chi connectivity index (χ3n) is 12.1. The van der Waals surface area contributed by atoms with E-state index in [-0.39, 0.29) is 0 Å². The van der Waals surface area contributed by atoms with E-state index in [4.69, 9.17) is 4.42 Å². The summed E-state index contributed by atoms with van der Waals surface area (Å²) < 4.78 is 8.82. The van der Waals surface area contributed by atoms with E-state index in [1.807, 2.05) is 12.1 Å². The zero-order chi connectivity index (χ0) is 40.3. The lowest BCUT2D eigenvalue weighted by molar-refractivity contribution is 0.669. The number of fused-ring (bicyclic) bond motifs is 7. The summed E-state index contributed by atoms with van der Waals surface area (Å²) in [6, 6.07) is 83.1. The number of hydrogen-bond donors (Lipinski definition) is 0. The van der Waals surface area contributed by atoms with Crippen LogP contribution >= 0.6 is 0 Å². The molecular weight excluding hydrogens is 741 g/mol. The molecule has 0 spiro atoms. The number of rotatable bonds is 7. The molecule has 0 saturated carbocycles. The monoisotopic (exact) mass is 778 g/mol. The van der Waals surface area contributed by atoms with Crippen molar-refractivity contribution in [1.82, 2.24) is 4.57 Å². The highest BCUT2D eigenvalue weighted by Gasteiger charge is 2.19. The average molecular weight is 779 g/mol. The third-order valence-corrected chi connectivity index (χ3v) is 12.1. The lowest BCUT2D eigenvalue weighted by atomic mass is 9.95. The molecule has 0 unspecified atom stereocenters. The summed E-state index contributed by atoms with van der Waals surface area (Å²) in [5, 5.41) is 7.10. The molecule has 0 aliphatic carbocycles. The fourth-order valence-electron chi connectivity index (χ4n) is 9.18. The van der Waals surface area contributed by atoms with Crippen molar-refractivity contribution in [3.8, 4) is 39.1 Å². The van der Waals surface area contributed by atoms with Crippen molar-refractivity contribution in [2.45, 2.75) is 0 Å². The first-order valence-electron chi connectivity index (χ1n) is 20.8. The smallest absolute Gasteiger partial charge is 0.136 e. The van der Waals surface area contributed by atoms with Crippen LogP contribution in [-0.4, -0.2) is 4.57 Å². The molecule has 2 aromatic heterocycles. The molecule has 3 heteroatoms. The Balaban J connectivity index is 1.06. The molecule has 2 heterocycles. The highest BCUT2D eigenvalue weighted by Crippen LogP contribution is 2.43. The van der Waals surface area contributed by atoms with Crippen molar-refractivity contribution in [3.63, 3.8) is 0 Å². The number of furan rings is 1. The minimum atomic E-state index is 0.881. The quantitative estimate of drug-likeness (QED) is 0.161. The van der Waals surface area contributed by atoms with Crippen LogP contribution in [0.5, 0.6) is 0 Å². The Hall–Kier alpha value is -8.14. The van der Waals surface area contributed by atoms with E-state index < -0.39 is 0 Å². The van der Waals surface area contributed by atoms with E-state index in [1.165, 1.54) is 43.7 Å². The van der Waals surface area contributed by atoms with Crippen LogP contribution in [-0.2, 0) is 0 Å². The third kappa shape index (κ3) is 6.06. The molecular formula is C58H38N2O. The molecule has 0 atom stereocenters. The van der Waals surface area contributed by atoms with Gasteiger partial charge in [0, 0.05) is 44.3 Å². The van der Waals surface area contributed by atoms with Gasteiger partial charge in [-0.15, -0.1) is 0 Å². The molecule has 0 saturated heterocycles. The second-order valence-corrected chi connectivity index (χ2v) is 15.8. The Morgan fingerprint density at radius 3 is 1.72 bits per heavy atom. The fourth-order valence-corrected chi connectivity index (χ4v) is 9.18. The normalized spacial score (nSPS) is 11.6. The molecule has 0 aliphatic rings. The molecule has 0 radical (unpaired) electrons. The van der Waals surface area contributed by atoms with Crippen molar-refractivity contribution < 1.29 is 4.42 Å². The molecule has 10 aromatic carbocycles. The van der Waals surface area contributed by atoms with Gasteiger partial charge in [0.1, 0.15) is 11.2 Å². The molecule has 0 N–H and O–H groups in total. The van der Waals surface area contributed by atoms with Crippen molar-refractivity contribution in [3.05, 3.63) is 231 Å². The number of nitrogens with zero attached hydrogens (tertiary/aromatic N) is 2. The summed E-state index contributed by atoms with van der Waals surface area (Å²) >= 11 is 0. The summed E-state index contributed by atoms with van der Waals surface area (Å²) in [6.45, 7) is 0. The first-order chi connectivity index (χ1) is 30.2. The minimum absolute atomic E-state index is 0.881. The highest BCUT2D eigenvalue weighted by molar-refractivity contribution is 6.11. The van der Waals surface area contributed by atoms with E-state index in [0.29, 0.717) is 0 Å². The van der Waals surface area contributed by atoms with Gasteiger partial charge in [-0.1, -0.05) is 140 Å². The Bertz CT molecular complexity index is 3580. The first-order valence-corrected chi connectivity index (χ1v) is 20.8. The molecule has 12 rings (SSSR count). The fraction of sp³-hybridized carbons (Fsp3) is 0.